The summed E-state index contributed by atoms with van der Waals surface area (Å²) in [7, 11) is 0. The number of aryl methyl sites for hydroxylation is 3. The number of hydrogen-bond acceptors (Lipinski definition) is 3. The average molecular weight is 381 g/mol. The van der Waals surface area contributed by atoms with E-state index in [9.17, 15) is 9.59 Å². The van der Waals surface area contributed by atoms with Gasteiger partial charge in [-0.25, -0.2) is 0 Å². The number of carbonyl (C=O) groups excluding carboxylic acids is 1. The number of aromatic amines is 1. The van der Waals surface area contributed by atoms with E-state index in [4.69, 9.17) is 0 Å². The molecule has 1 amide bonds. The molecule has 2 aromatic carbocycles. The third kappa shape index (κ3) is 4.25. The number of carbonyl (C=O) groups is 1. The van der Waals surface area contributed by atoms with Gasteiger partial charge < -0.3 is 10.3 Å². The number of anilines is 1. The molecule has 0 atom stereocenters. The fourth-order valence-corrected chi connectivity index (χ4v) is 3.86. The van der Waals surface area contributed by atoms with Crippen LogP contribution in [-0.2, 0) is 10.5 Å². The molecule has 2 N–H and O–H groups in total. The molecule has 3 rings (SSSR count). The summed E-state index contributed by atoms with van der Waals surface area (Å²) in [5, 5.41) is 3.71. The first-order valence-corrected chi connectivity index (χ1v) is 10.1. The molecule has 3 aromatic rings. The van der Waals surface area contributed by atoms with Crippen LogP contribution in [0.15, 0.2) is 41.2 Å². The molecular weight excluding hydrogens is 356 g/mol. The van der Waals surface area contributed by atoms with Crippen LogP contribution in [0.4, 0.5) is 5.69 Å². The lowest BCUT2D eigenvalue weighted by Gasteiger charge is -2.11. The smallest absolute Gasteiger partial charge is 0.234 e. The Kier molecular flexibility index (Phi) is 5.71. The Balaban J connectivity index is 1.67. The summed E-state index contributed by atoms with van der Waals surface area (Å²) >= 11 is 1.49. The second kappa shape index (κ2) is 8.01. The van der Waals surface area contributed by atoms with Crippen LogP contribution >= 0.6 is 11.8 Å². The Hall–Kier alpha value is -2.53. The summed E-state index contributed by atoms with van der Waals surface area (Å²) in [5.74, 6) is 0.878. The van der Waals surface area contributed by atoms with Crippen molar-refractivity contribution in [3.63, 3.8) is 0 Å². The summed E-state index contributed by atoms with van der Waals surface area (Å²) in [6, 6.07) is 11.5. The Morgan fingerprint density at radius 3 is 2.56 bits per heavy atom. The van der Waals surface area contributed by atoms with E-state index in [1.807, 2.05) is 58.0 Å². The molecule has 4 nitrogen and oxygen atoms in total. The molecule has 0 bridgehead atoms. The molecule has 1 aromatic heterocycles. The van der Waals surface area contributed by atoms with E-state index in [1.165, 1.54) is 11.8 Å². The van der Waals surface area contributed by atoms with Gasteiger partial charge in [0.2, 0.25) is 5.91 Å². The summed E-state index contributed by atoms with van der Waals surface area (Å²) in [4.78, 5) is 28.1. The number of rotatable bonds is 5. The van der Waals surface area contributed by atoms with Crippen LogP contribution < -0.4 is 10.7 Å². The summed E-state index contributed by atoms with van der Waals surface area (Å²) < 4.78 is 0. The van der Waals surface area contributed by atoms with Crippen molar-refractivity contribution in [2.24, 2.45) is 0 Å². The third-order valence-electron chi connectivity index (χ3n) is 4.83. The highest BCUT2D eigenvalue weighted by Crippen LogP contribution is 2.20. The molecular formula is C22H24N2O2S. The SMILES string of the molecule is Cc1cccc(NC(=O)CSCc2cc(=O)c3c(C)ccc(C)c3[nH]2)c1C. The molecule has 0 unspecified atom stereocenters. The Bertz CT molecular complexity index is 1070. The van der Waals surface area contributed by atoms with Gasteiger partial charge in [-0.15, -0.1) is 11.8 Å². The minimum absolute atomic E-state index is 0.0281. The Labute approximate surface area is 163 Å². The second-order valence-corrected chi connectivity index (χ2v) is 7.88. The van der Waals surface area contributed by atoms with Crippen molar-refractivity contribution in [2.75, 3.05) is 11.1 Å². The van der Waals surface area contributed by atoms with E-state index >= 15 is 0 Å². The number of aromatic nitrogens is 1. The van der Waals surface area contributed by atoms with E-state index in [-0.39, 0.29) is 11.3 Å². The maximum absolute atomic E-state index is 12.5. The van der Waals surface area contributed by atoms with Crippen LogP contribution in [0.2, 0.25) is 0 Å². The van der Waals surface area contributed by atoms with E-state index < -0.39 is 0 Å². The number of hydrogen-bond donors (Lipinski definition) is 2. The number of pyridine rings is 1. The van der Waals surface area contributed by atoms with Gasteiger partial charge in [0, 0.05) is 28.6 Å². The van der Waals surface area contributed by atoms with Crippen molar-refractivity contribution in [1.82, 2.24) is 4.98 Å². The topological polar surface area (TPSA) is 62.0 Å². The highest BCUT2D eigenvalue weighted by molar-refractivity contribution is 7.99. The molecule has 0 saturated carbocycles. The van der Waals surface area contributed by atoms with Gasteiger partial charge in [-0.2, -0.15) is 0 Å². The zero-order chi connectivity index (χ0) is 19.6. The second-order valence-electron chi connectivity index (χ2n) is 6.90. The molecule has 0 spiro atoms. The van der Waals surface area contributed by atoms with Crippen molar-refractivity contribution < 1.29 is 4.79 Å². The van der Waals surface area contributed by atoms with Crippen molar-refractivity contribution in [2.45, 2.75) is 33.4 Å². The number of nitrogens with one attached hydrogen (secondary N) is 2. The minimum Gasteiger partial charge on any atom is -0.357 e. The molecule has 0 radical (unpaired) electrons. The number of thioether (sulfide) groups is 1. The van der Waals surface area contributed by atoms with Crippen LogP contribution in [0.25, 0.3) is 10.9 Å². The van der Waals surface area contributed by atoms with Gasteiger partial charge >= 0.3 is 0 Å². The van der Waals surface area contributed by atoms with Crippen molar-refractivity contribution in [1.29, 1.82) is 0 Å². The van der Waals surface area contributed by atoms with Gasteiger partial charge in [-0.05, 0) is 56.0 Å². The molecule has 1 heterocycles. The number of amides is 1. The lowest BCUT2D eigenvalue weighted by molar-refractivity contribution is -0.113. The van der Waals surface area contributed by atoms with E-state index in [0.717, 1.165) is 44.5 Å². The maximum atomic E-state index is 12.5. The molecule has 0 fully saturated rings. The standard InChI is InChI=1S/C22H24N2O2S/c1-13-6-5-7-18(16(13)4)24-20(26)12-27-11-17-10-19(25)21-14(2)8-9-15(3)22(21)23-17/h5-10H,11-12H2,1-4H3,(H,23,25)(H,24,26). The van der Waals surface area contributed by atoms with Crippen LogP contribution in [0.1, 0.15) is 27.9 Å². The lowest BCUT2D eigenvalue weighted by Crippen LogP contribution is -2.15. The fourth-order valence-electron chi connectivity index (χ4n) is 3.12. The van der Waals surface area contributed by atoms with Crippen molar-refractivity contribution in [3.8, 4) is 0 Å². The zero-order valence-corrected chi connectivity index (χ0v) is 16.9. The number of H-pyrrole nitrogens is 1. The van der Waals surface area contributed by atoms with Crippen molar-refractivity contribution in [3.05, 3.63) is 74.6 Å². The quantitative estimate of drug-likeness (QED) is 0.678. The van der Waals surface area contributed by atoms with E-state index in [2.05, 4.69) is 10.3 Å². The van der Waals surface area contributed by atoms with Crippen LogP contribution in [0.3, 0.4) is 0 Å². The zero-order valence-electron chi connectivity index (χ0n) is 16.1. The average Bonchev–Trinajstić information content (AvgIpc) is 2.62. The Morgan fingerprint density at radius 2 is 1.78 bits per heavy atom. The van der Waals surface area contributed by atoms with Crippen LogP contribution in [0.5, 0.6) is 0 Å². The Morgan fingerprint density at radius 1 is 1.04 bits per heavy atom. The molecule has 140 valence electrons. The molecule has 5 heteroatoms. The van der Waals surface area contributed by atoms with Gasteiger partial charge in [0.05, 0.1) is 11.3 Å². The number of fused-ring (bicyclic) bond motifs is 1. The van der Waals surface area contributed by atoms with Gasteiger partial charge in [0.25, 0.3) is 0 Å². The molecule has 0 aliphatic heterocycles. The lowest BCUT2D eigenvalue weighted by atomic mass is 10.0. The van der Waals surface area contributed by atoms with Gasteiger partial charge in [-0.3, -0.25) is 9.59 Å². The molecule has 0 aliphatic rings. The van der Waals surface area contributed by atoms with Gasteiger partial charge in [0.15, 0.2) is 5.43 Å². The summed E-state index contributed by atoms with van der Waals surface area (Å²) in [5.41, 5.74) is 6.87. The fraction of sp³-hybridized carbons (Fsp3) is 0.273. The summed E-state index contributed by atoms with van der Waals surface area (Å²) in [6.45, 7) is 7.97. The predicted octanol–water partition coefficient (Wildman–Crippen LogP) is 4.63. The number of benzene rings is 2. The first-order valence-electron chi connectivity index (χ1n) is 8.92. The van der Waals surface area contributed by atoms with E-state index in [0.29, 0.717) is 11.5 Å². The normalized spacial score (nSPS) is 11.0. The predicted molar refractivity (Wildman–Crippen MR) is 115 cm³/mol. The first kappa shape index (κ1) is 19.2. The van der Waals surface area contributed by atoms with Crippen molar-refractivity contribution >= 4 is 34.3 Å². The largest absolute Gasteiger partial charge is 0.357 e. The maximum Gasteiger partial charge on any atom is 0.234 e. The highest BCUT2D eigenvalue weighted by Gasteiger charge is 2.09. The van der Waals surface area contributed by atoms with Gasteiger partial charge in [-0.1, -0.05) is 24.3 Å². The first-order chi connectivity index (χ1) is 12.9. The minimum atomic E-state index is -0.0381. The highest BCUT2D eigenvalue weighted by atomic mass is 32.2. The molecule has 0 aliphatic carbocycles. The summed E-state index contributed by atoms with van der Waals surface area (Å²) in [6.07, 6.45) is 0. The van der Waals surface area contributed by atoms with Crippen LogP contribution in [-0.4, -0.2) is 16.6 Å². The third-order valence-corrected chi connectivity index (χ3v) is 5.81. The monoisotopic (exact) mass is 380 g/mol. The van der Waals surface area contributed by atoms with Gasteiger partial charge in [0.1, 0.15) is 0 Å². The van der Waals surface area contributed by atoms with E-state index in [1.54, 1.807) is 6.07 Å². The molecule has 0 saturated heterocycles. The molecule has 27 heavy (non-hydrogen) atoms. The van der Waals surface area contributed by atoms with Crippen LogP contribution in [0, 0.1) is 27.7 Å².